The van der Waals surface area contributed by atoms with Gasteiger partial charge in [-0.1, -0.05) is 37.0 Å². The fourth-order valence-electron chi connectivity index (χ4n) is 5.60. The molecule has 0 saturated heterocycles. The maximum atomic E-state index is 11.5. The minimum Gasteiger partial charge on any atom is -0.466 e. The van der Waals surface area contributed by atoms with Crippen LogP contribution in [0.1, 0.15) is 79.6 Å². The van der Waals surface area contributed by atoms with Crippen LogP contribution in [0.2, 0.25) is 0 Å². The lowest BCUT2D eigenvalue weighted by Gasteiger charge is -2.56. The van der Waals surface area contributed by atoms with Crippen LogP contribution in [0, 0.1) is 16.7 Å². The van der Waals surface area contributed by atoms with Gasteiger partial charge in [0.05, 0.1) is 13.7 Å². The molecule has 27 heavy (non-hydrogen) atoms. The second kappa shape index (κ2) is 8.62. The van der Waals surface area contributed by atoms with Crippen LogP contribution in [0.4, 0.5) is 0 Å². The highest BCUT2D eigenvalue weighted by Gasteiger charge is 2.52. The van der Waals surface area contributed by atoms with Crippen molar-refractivity contribution in [3.8, 4) is 0 Å². The Bertz CT molecular complexity index is 645. The Hall–Kier alpha value is -1.58. The van der Waals surface area contributed by atoms with Crippen LogP contribution in [0.25, 0.3) is 0 Å². The number of carbonyl (C=O) groups excluding carboxylic acids is 2. The van der Waals surface area contributed by atoms with Crippen molar-refractivity contribution in [1.82, 2.24) is 0 Å². The molecule has 0 aliphatic heterocycles. The van der Waals surface area contributed by atoms with Gasteiger partial charge in [-0.05, 0) is 63.7 Å². The monoisotopic (exact) mass is 376 g/mol. The molecule has 0 aromatic carbocycles. The number of ether oxygens (including phenoxy) is 2. The van der Waals surface area contributed by atoms with E-state index in [0.717, 1.165) is 31.3 Å². The summed E-state index contributed by atoms with van der Waals surface area (Å²) in [6.45, 7) is 11.0. The van der Waals surface area contributed by atoms with Crippen LogP contribution in [0.15, 0.2) is 22.8 Å². The van der Waals surface area contributed by atoms with Crippen LogP contribution < -0.4 is 0 Å². The molecular formula is C23H36O4. The molecule has 0 N–H and O–H groups in total. The van der Waals surface area contributed by atoms with Gasteiger partial charge in [0, 0.05) is 18.4 Å². The molecule has 2 aliphatic rings. The van der Waals surface area contributed by atoms with Crippen molar-refractivity contribution in [1.29, 1.82) is 0 Å². The first-order chi connectivity index (χ1) is 12.6. The molecule has 0 radical (unpaired) electrons. The number of allylic oxidation sites excluding steroid dienone is 3. The third kappa shape index (κ3) is 4.83. The van der Waals surface area contributed by atoms with Gasteiger partial charge in [0.15, 0.2) is 0 Å². The summed E-state index contributed by atoms with van der Waals surface area (Å²) in [4.78, 5) is 22.9. The van der Waals surface area contributed by atoms with Crippen molar-refractivity contribution < 1.29 is 19.1 Å². The standard InChI is InChI=1S/C23H36O4/c1-16(14-21(25)26-6)8-10-19-17(2)9-11-20-22(4,15-27-18(3)24)12-7-13-23(19,20)5/h14,20H,7-13,15H2,1-6H3. The number of rotatable bonds is 6. The van der Waals surface area contributed by atoms with Crippen molar-refractivity contribution in [2.45, 2.75) is 79.6 Å². The van der Waals surface area contributed by atoms with Crippen LogP contribution in [-0.2, 0) is 19.1 Å². The van der Waals surface area contributed by atoms with Crippen molar-refractivity contribution in [3.05, 3.63) is 22.8 Å². The maximum Gasteiger partial charge on any atom is 0.330 e. The van der Waals surface area contributed by atoms with Crippen LogP contribution in [0.3, 0.4) is 0 Å². The van der Waals surface area contributed by atoms with Gasteiger partial charge in [-0.15, -0.1) is 0 Å². The molecule has 0 amide bonds. The fraction of sp³-hybridized carbons (Fsp3) is 0.739. The second-order valence-electron chi connectivity index (χ2n) is 9.07. The van der Waals surface area contributed by atoms with E-state index in [1.807, 2.05) is 6.92 Å². The zero-order valence-electron chi connectivity index (χ0n) is 17.9. The topological polar surface area (TPSA) is 52.6 Å². The van der Waals surface area contributed by atoms with Crippen LogP contribution >= 0.6 is 0 Å². The Morgan fingerprint density at radius 1 is 1.22 bits per heavy atom. The summed E-state index contributed by atoms with van der Waals surface area (Å²) in [5.41, 5.74) is 4.33. The largest absolute Gasteiger partial charge is 0.466 e. The van der Waals surface area contributed by atoms with E-state index in [0.29, 0.717) is 12.5 Å². The highest BCUT2D eigenvalue weighted by molar-refractivity contribution is 5.82. The van der Waals surface area contributed by atoms with E-state index in [-0.39, 0.29) is 22.8 Å². The van der Waals surface area contributed by atoms with E-state index in [9.17, 15) is 9.59 Å². The Kier molecular flexibility index (Phi) is 6.93. The predicted octanol–water partition coefficient (Wildman–Crippen LogP) is 5.37. The first kappa shape index (κ1) is 21.7. The quantitative estimate of drug-likeness (QED) is 0.355. The van der Waals surface area contributed by atoms with Gasteiger partial charge in [0.25, 0.3) is 0 Å². The van der Waals surface area contributed by atoms with E-state index in [1.165, 1.54) is 38.9 Å². The first-order valence-electron chi connectivity index (χ1n) is 10.2. The SMILES string of the molecule is COC(=O)C=C(C)CCC1=C(C)CCC2C(C)(COC(C)=O)CCCC12C. The lowest BCUT2D eigenvalue weighted by Crippen LogP contribution is -2.49. The zero-order valence-corrected chi connectivity index (χ0v) is 17.9. The third-order valence-electron chi connectivity index (χ3n) is 7.01. The second-order valence-corrected chi connectivity index (χ2v) is 9.07. The Balaban J connectivity index is 2.22. The molecular weight excluding hydrogens is 340 g/mol. The Morgan fingerprint density at radius 3 is 2.56 bits per heavy atom. The van der Waals surface area contributed by atoms with E-state index in [4.69, 9.17) is 9.47 Å². The first-order valence-corrected chi connectivity index (χ1v) is 10.2. The van der Waals surface area contributed by atoms with Gasteiger partial charge in [-0.2, -0.15) is 0 Å². The molecule has 4 heteroatoms. The Morgan fingerprint density at radius 2 is 1.93 bits per heavy atom. The van der Waals surface area contributed by atoms with Crippen molar-refractivity contribution in [3.63, 3.8) is 0 Å². The van der Waals surface area contributed by atoms with Crippen molar-refractivity contribution >= 4 is 11.9 Å². The van der Waals surface area contributed by atoms with E-state index in [2.05, 4.69) is 20.8 Å². The molecule has 2 aliphatic carbocycles. The molecule has 3 atom stereocenters. The molecule has 0 aromatic heterocycles. The van der Waals surface area contributed by atoms with Gasteiger partial charge in [0.1, 0.15) is 0 Å². The average molecular weight is 377 g/mol. The smallest absolute Gasteiger partial charge is 0.330 e. The maximum absolute atomic E-state index is 11.5. The lowest BCUT2D eigenvalue weighted by molar-refractivity contribution is -0.149. The van der Waals surface area contributed by atoms with Crippen LogP contribution in [0.5, 0.6) is 0 Å². The molecule has 4 nitrogen and oxygen atoms in total. The minimum absolute atomic E-state index is 0.0432. The van der Waals surface area contributed by atoms with Gasteiger partial charge < -0.3 is 9.47 Å². The number of hydrogen-bond donors (Lipinski definition) is 0. The summed E-state index contributed by atoms with van der Waals surface area (Å²) < 4.78 is 10.2. The fourth-order valence-corrected chi connectivity index (χ4v) is 5.60. The molecule has 0 heterocycles. The average Bonchev–Trinajstić information content (AvgIpc) is 2.59. The highest BCUT2D eigenvalue weighted by Crippen LogP contribution is 2.60. The molecule has 1 fully saturated rings. The van der Waals surface area contributed by atoms with Crippen molar-refractivity contribution in [2.75, 3.05) is 13.7 Å². The zero-order chi connectivity index (χ0) is 20.2. The summed E-state index contributed by atoms with van der Waals surface area (Å²) in [7, 11) is 1.41. The molecule has 152 valence electrons. The Labute approximate surface area is 164 Å². The summed E-state index contributed by atoms with van der Waals surface area (Å²) in [5.74, 6) is 0.0640. The van der Waals surface area contributed by atoms with E-state index in [1.54, 1.807) is 11.6 Å². The summed E-state index contributed by atoms with van der Waals surface area (Å²) in [6.07, 6.45) is 9.23. The van der Waals surface area contributed by atoms with Crippen LogP contribution in [-0.4, -0.2) is 25.7 Å². The molecule has 0 bridgehead atoms. The number of esters is 2. The number of fused-ring (bicyclic) bond motifs is 1. The lowest BCUT2D eigenvalue weighted by atomic mass is 9.49. The number of carbonyl (C=O) groups is 2. The van der Waals surface area contributed by atoms with Crippen molar-refractivity contribution in [2.24, 2.45) is 16.7 Å². The summed E-state index contributed by atoms with van der Waals surface area (Å²) in [6, 6.07) is 0. The van der Waals surface area contributed by atoms with Gasteiger partial charge in [-0.25, -0.2) is 4.79 Å². The molecule has 0 spiro atoms. The third-order valence-corrected chi connectivity index (χ3v) is 7.01. The number of methoxy groups -OCH3 is 1. The molecule has 3 unspecified atom stereocenters. The summed E-state index contributed by atoms with van der Waals surface area (Å²) in [5, 5.41) is 0. The molecule has 0 aromatic rings. The highest BCUT2D eigenvalue weighted by atomic mass is 16.5. The predicted molar refractivity (Wildman–Crippen MR) is 107 cm³/mol. The normalized spacial score (nSPS) is 31.3. The molecule has 1 saturated carbocycles. The minimum atomic E-state index is -0.280. The van der Waals surface area contributed by atoms with Gasteiger partial charge >= 0.3 is 11.9 Å². The number of hydrogen-bond acceptors (Lipinski definition) is 4. The van der Waals surface area contributed by atoms with E-state index < -0.39 is 0 Å². The van der Waals surface area contributed by atoms with Gasteiger partial charge in [-0.3, -0.25) is 4.79 Å². The van der Waals surface area contributed by atoms with E-state index >= 15 is 0 Å². The summed E-state index contributed by atoms with van der Waals surface area (Å²) >= 11 is 0. The van der Waals surface area contributed by atoms with Gasteiger partial charge in [0.2, 0.25) is 0 Å². The molecule has 2 rings (SSSR count).